The van der Waals surface area contributed by atoms with Crippen LogP contribution in [0.15, 0.2) is 67.0 Å². The van der Waals surface area contributed by atoms with Crippen LogP contribution in [0, 0.1) is 0 Å². The van der Waals surface area contributed by atoms with E-state index < -0.39 is 0 Å². The Balaban J connectivity index is 1.43. The molecule has 4 aromatic rings. The Labute approximate surface area is 151 Å². The third-order valence-corrected chi connectivity index (χ3v) is 4.31. The molecule has 0 saturated carbocycles. The molecule has 6 nitrogen and oxygen atoms in total. The first-order valence-electron chi connectivity index (χ1n) is 8.60. The Bertz CT molecular complexity index is 995. The van der Waals surface area contributed by atoms with Crippen molar-refractivity contribution in [3.8, 4) is 0 Å². The number of aromatic amines is 1. The van der Waals surface area contributed by atoms with Crippen molar-refractivity contribution in [3.05, 3.63) is 72.6 Å². The summed E-state index contributed by atoms with van der Waals surface area (Å²) in [4.78, 5) is 8.84. The number of nitrogens with one attached hydrogen (secondary N) is 3. The van der Waals surface area contributed by atoms with E-state index in [-0.39, 0.29) is 0 Å². The van der Waals surface area contributed by atoms with Crippen molar-refractivity contribution in [2.24, 2.45) is 0 Å². The molecule has 2 heterocycles. The molecule has 2 aromatic carbocycles. The normalized spacial score (nSPS) is 12.0. The Hall–Kier alpha value is -3.41. The van der Waals surface area contributed by atoms with Crippen molar-refractivity contribution in [2.75, 3.05) is 17.2 Å². The minimum atomic E-state index is 0.394. The minimum Gasteiger partial charge on any atom is -0.369 e. The van der Waals surface area contributed by atoms with E-state index in [0.717, 1.165) is 29.0 Å². The molecule has 0 aliphatic rings. The van der Waals surface area contributed by atoms with Gasteiger partial charge in [-0.05, 0) is 35.7 Å². The van der Waals surface area contributed by atoms with Crippen molar-refractivity contribution in [1.29, 1.82) is 0 Å². The lowest BCUT2D eigenvalue weighted by molar-refractivity contribution is 0.801. The number of hydrogen-bond donors (Lipinski definition) is 3. The Kier molecular flexibility index (Phi) is 4.47. The van der Waals surface area contributed by atoms with Gasteiger partial charge in [-0.2, -0.15) is 10.1 Å². The predicted molar refractivity (Wildman–Crippen MR) is 105 cm³/mol. The zero-order valence-corrected chi connectivity index (χ0v) is 14.5. The molecule has 0 unspecified atom stereocenters. The molecule has 2 aromatic heterocycles. The lowest BCUT2D eigenvalue weighted by Gasteiger charge is -2.14. The highest BCUT2D eigenvalue weighted by molar-refractivity contribution is 5.82. The second-order valence-electron chi connectivity index (χ2n) is 6.26. The fraction of sp³-hybridized carbons (Fsp3) is 0.150. The van der Waals surface area contributed by atoms with Gasteiger partial charge in [-0.15, -0.1) is 0 Å². The van der Waals surface area contributed by atoms with E-state index in [1.54, 1.807) is 12.4 Å². The number of hydrogen-bond acceptors (Lipinski definition) is 5. The SMILES string of the molecule is C[C@@H](CNc1ccnc(Nc2ccc3cn[nH]c3c2)n1)c1ccccc1. The molecular weight excluding hydrogens is 324 g/mol. The molecule has 26 heavy (non-hydrogen) atoms. The minimum absolute atomic E-state index is 0.394. The van der Waals surface area contributed by atoms with Crippen LogP contribution < -0.4 is 10.6 Å². The number of fused-ring (bicyclic) bond motifs is 1. The van der Waals surface area contributed by atoms with Crippen molar-refractivity contribution in [1.82, 2.24) is 20.2 Å². The van der Waals surface area contributed by atoms with Crippen LogP contribution in [0.25, 0.3) is 10.9 Å². The van der Waals surface area contributed by atoms with Crippen LogP contribution in [0.1, 0.15) is 18.4 Å². The number of anilines is 3. The maximum Gasteiger partial charge on any atom is 0.229 e. The standard InChI is InChI=1S/C20H20N6/c1-14(15-5-3-2-4-6-15)12-22-19-9-10-21-20(25-19)24-17-8-7-16-13-23-26-18(16)11-17/h2-11,13-14H,12H2,1H3,(H,23,26)(H2,21,22,24,25)/t14-/m0/s1. The van der Waals surface area contributed by atoms with Gasteiger partial charge in [-0.1, -0.05) is 37.3 Å². The van der Waals surface area contributed by atoms with Gasteiger partial charge in [-0.3, -0.25) is 5.10 Å². The van der Waals surface area contributed by atoms with Crippen molar-refractivity contribution in [3.63, 3.8) is 0 Å². The van der Waals surface area contributed by atoms with Gasteiger partial charge in [0, 0.05) is 23.8 Å². The molecule has 1 atom stereocenters. The van der Waals surface area contributed by atoms with E-state index >= 15 is 0 Å². The van der Waals surface area contributed by atoms with Gasteiger partial charge in [0.05, 0.1) is 11.7 Å². The monoisotopic (exact) mass is 344 g/mol. The molecule has 0 fully saturated rings. The second-order valence-corrected chi connectivity index (χ2v) is 6.26. The quantitative estimate of drug-likeness (QED) is 0.486. The van der Waals surface area contributed by atoms with Gasteiger partial charge in [-0.25, -0.2) is 4.98 Å². The van der Waals surface area contributed by atoms with E-state index in [4.69, 9.17) is 0 Å². The maximum atomic E-state index is 4.54. The van der Waals surface area contributed by atoms with E-state index in [9.17, 15) is 0 Å². The van der Waals surface area contributed by atoms with Crippen LogP contribution in [-0.2, 0) is 0 Å². The summed E-state index contributed by atoms with van der Waals surface area (Å²) in [7, 11) is 0. The molecule has 0 aliphatic heterocycles. The molecule has 0 spiro atoms. The number of benzene rings is 2. The van der Waals surface area contributed by atoms with E-state index in [1.807, 2.05) is 30.3 Å². The van der Waals surface area contributed by atoms with Gasteiger partial charge in [0.2, 0.25) is 5.95 Å². The zero-order chi connectivity index (χ0) is 17.8. The summed E-state index contributed by atoms with van der Waals surface area (Å²) in [6.45, 7) is 3.00. The van der Waals surface area contributed by atoms with Crippen molar-refractivity contribution in [2.45, 2.75) is 12.8 Å². The van der Waals surface area contributed by atoms with Gasteiger partial charge in [0.15, 0.2) is 0 Å². The van der Waals surface area contributed by atoms with Crippen LogP contribution in [0.2, 0.25) is 0 Å². The predicted octanol–water partition coefficient (Wildman–Crippen LogP) is 4.31. The molecular formula is C20H20N6. The number of rotatable bonds is 6. The van der Waals surface area contributed by atoms with E-state index in [2.05, 4.69) is 62.0 Å². The van der Waals surface area contributed by atoms with Crippen LogP contribution in [0.3, 0.4) is 0 Å². The lowest BCUT2D eigenvalue weighted by Crippen LogP contribution is -2.11. The first-order chi connectivity index (χ1) is 12.8. The first-order valence-corrected chi connectivity index (χ1v) is 8.60. The highest BCUT2D eigenvalue weighted by Crippen LogP contribution is 2.20. The molecule has 0 saturated heterocycles. The molecule has 130 valence electrons. The van der Waals surface area contributed by atoms with Gasteiger partial charge in [0.25, 0.3) is 0 Å². The molecule has 0 radical (unpaired) electrons. The molecule has 0 amide bonds. The number of H-pyrrole nitrogens is 1. The highest BCUT2D eigenvalue weighted by Gasteiger charge is 2.06. The van der Waals surface area contributed by atoms with E-state index in [1.165, 1.54) is 5.56 Å². The Morgan fingerprint density at radius 1 is 1.08 bits per heavy atom. The third kappa shape index (κ3) is 3.64. The molecule has 6 heteroatoms. The summed E-state index contributed by atoms with van der Waals surface area (Å²) in [6, 6.07) is 18.3. The zero-order valence-electron chi connectivity index (χ0n) is 14.5. The summed E-state index contributed by atoms with van der Waals surface area (Å²) in [5, 5.41) is 14.7. The maximum absolute atomic E-state index is 4.54. The largest absolute Gasteiger partial charge is 0.369 e. The Morgan fingerprint density at radius 3 is 2.85 bits per heavy atom. The first kappa shape index (κ1) is 16.1. The number of aromatic nitrogens is 4. The van der Waals surface area contributed by atoms with Gasteiger partial charge >= 0.3 is 0 Å². The van der Waals surface area contributed by atoms with Crippen LogP contribution in [-0.4, -0.2) is 26.7 Å². The Morgan fingerprint density at radius 2 is 1.96 bits per heavy atom. The van der Waals surface area contributed by atoms with Crippen molar-refractivity contribution >= 4 is 28.4 Å². The average Bonchev–Trinajstić information content (AvgIpc) is 3.15. The summed E-state index contributed by atoms with van der Waals surface area (Å²) in [6.07, 6.45) is 3.55. The van der Waals surface area contributed by atoms with Crippen molar-refractivity contribution < 1.29 is 0 Å². The smallest absolute Gasteiger partial charge is 0.229 e. The fourth-order valence-corrected chi connectivity index (χ4v) is 2.82. The third-order valence-electron chi connectivity index (χ3n) is 4.31. The summed E-state index contributed by atoms with van der Waals surface area (Å²) < 4.78 is 0. The fourth-order valence-electron chi connectivity index (χ4n) is 2.82. The summed E-state index contributed by atoms with van der Waals surface area (Å²) >= 11 is 0. The van der Waals surface area contributed by atoms with Gasteiger partial charge in [0.1, 0.15) is 5.82 Å². The van der Waals surface area contributed by atoms with Crippen LogP contribution in [0.4, 0.5) is 17.5 Å². The lowest BCUT2D eigenvalue weighted by atomic mass is 10.0. The van der Waals surface area contributed by atoms with Gasteiger partial charge < -0.3 is 10.6 Å². The van der Waals surface area contributed by atoms with Crippen LogP contribution in [0.5, 0.6) is 0 Å². The average molecular weight is 344 g/mol. The summed E-state index contributed by atoms with van der Waals surface area (Å²) in [5.74, 6) is 1.75. The highest BCUT2D eigenvalue weighted by atomic mass is 15.1. The molecule has 0 bridgehead atoms. The molecule has 4 rings (SSSR count). The molecule has 0 aliphatic carbocycles. The molecule has 3 N–H and O–H groups in total. The van der Waals surface area contributed by atoms with Crippen LogP contribution >= 0.6 is 0 Å². The second kappa shape index (κ2) is 7.23. The number of nitrogens with zero attached hydrogens (tertiary/aromatic N) is 3. The topological polar surface area (TPSA) is 78.5 Å². The summed E-state index contributed by atoms with van der Waals surface area (Å²) in [5.41, 5.74) is 3.19. The van der Waals surface area contributed by atoms with E-state index in [0.29, 0.717) is 11.9 Å².